The van der Waals surface area contributed by atoms with Crippen molar-refractivity contribution in [3.05, 3.63) is 23.8 Å². The summed E-state index contributed by atoms with van der Waals surface area (Å²) in [5.41, 5.74) is 1.16. The van der Waals surface area contributed by atoms with E-state index >= 15 is 0 Å². The highest BCUT2D eigenvalue weighted by atomic mass is 16.5. The number of hydrogen-bond donors (Lipinski definition) is 2. The molecule has 2 fully saturated rings. The summed E-state index contributed by atoms with van der Waals surface area (Å²) in [5.74, 6) is 0.600. The van der Waals surface area contributed by atoms with Crippen molar-refractivity contribution in [2.24, 2.45) is 17.3 Å². The van der Waals surface area contributed by atoms with Crippen LogP contribution in [0.3, 0.4) is 0 Å². The van der Waals surface area contributed by atoms with Crippen molar-refractivity contribution in [3.8, 4) is 0 Å². The summed E-state index contributed by atoms with van der Waals surface area (Å²) in [7, 11) is 0. The summed E-state index contributed by atoms with van der Waals surface area (Å²) in [5, 5.41) is 20.6. The number of hydrogen-bond acceptors (Lipinski definition) is 3. The van der Waals surface area contributed by atoms with Gasteiger partial charge in [-0.1, -0.05) is 19.1 Å². The first-order valence-corrected chi connectivity index (χ1v) is 7.04. The number of fused-ring (bicyclic) bond motifs is 2. The van der Waals surface area contributed by atoms with Crippen LogP contribution in [0.5, 0.6) is 0 Å². The largest absolute Gasteiger partial charge is 0.393 e. The minimum absolute atomic E-state index is 0.0386. The van der Waals surface area contributed by atoms with Gasteiger partial charge in [-0.25, -0.2) is 0 Å². The van der Waals surface area contributed by atoms with Gasteiger partial charge in [0.1, 0.15) is 0 Å². The summed E-state index contributed by atoms with van der Waals surface area (Å²) in [6.07, 6.45) is 8.17. The maximum Gasteiger partial charge on any atom is 0.0993 e. The van der Waals surface area contributed by atoms with Gasteiger partial charge in [-0.05, 0) is 36.8 Å². The molecule has 1 saturated heterocycles. The number of ether oxygens (including phenoxy) is 1. The van der Waals surface area contributed by atoms with E-state index in [1.165, 1.54) is 0 Å². The molecular formula is C15H20O3. The molecule has 2 bridgehead atoms. The van der Waals surface area contributed by atoms with E-state index in [-0.39, 0.29) is 29.6 Å². The zero-order chi connectivity index (χ0) is 12.5. The predicted molar refractivity (Wildman–Crippen MR) is 66.8 cm³/mol. The molecule has 0 aromatic rings. The Balaban J connectivity index is 1.91. The first-order valence-electron chi connectivity index (χ1n) is 7.04. The highest BCUT2D eigenvalue weighted by Gasteiger charge is 2.66. The SMILES string of the molecule is C[C@@H]1CC=CC2=C[C@@H](O)[C@H]3O[C@H]2[C@]12CC[C@H](O)[C@H]32. The first-order chi connectivity index (χ1) is 8.64. The van der Waals surface area contributed by atoms with Crippen LogP contribution < -0.4 is 0 Å². The van der Waals surface area contributed by atoms with Crippen molar-refractivity contribution in [2.75, 3.05) is 0 Å². The van der Waals surface area contributed by atoms with Gasteiger partial charge in [-0.15, -0.1) is 0 Å². The molecule has 0 radical (unpaired) electrons. The van der Waals surface area contributed by atoms with Crippen LogP contribution in [0.1, 0.15) is 26.2 Å². The molecule has 0 aromatic carbocycles. The Morgan fingerprint density at radius 1 is 1.39 bits per heavy atom. The molecule has 0 unspecified atom stereocenters. The third kappa shape index (κ3) is 1.11. The van der Waals surface area contributed by atoms with E-state index in [1.807, 2.05) is 6.08 Å². The summed E-state index contributed by atoms with van der Waals surface area (Å²) in [6.45, 7) is 2.27. The van der Waals surface area contributed by atoms with Gasteiger partial charge in [-0.2, -0.15) is 0 Å². The van der Waals surface area contributed by atoms with Crippen LogP contribution >= 0.6 is 0 Å². The molecule has 2 aliphatic heterocycles. The molecule has 4 rings (SSSR count). The second kappa shape index (κ2) is 3.47. The number of allylic oxidation sites excluding steroid dienone is 1. The third-order valence-corrected chi connectivity index (χ3v) is 5.76. The van der Waals surface area contributed by atoms with Crippen molar-refractivity contribution >= 4 is 0 Å². The molecule has 3 nitrogen and oxygen atoms in total. The Morgan fingerprint density at radius 3 is 3.06 bits per heavy atom. The zero-order valence-corrected chi connectivity index (χ0v) is 10.6. The van der Waals surface area contributed by atoms with Crippen LogP contribution in [0, 0.1) is 17.3 Å². The molecule has 0 aromatic heterocycles. The van der Waals surface area contributed by atoms with Crippen LogP contribution in [-0.2, 0) is 4.74 Å². The first kappa shape index (κ1) is 11.2. The molecule has 2 heterocycles. The van der Waals surface area contributed by atoms with E-state index in [9.17, 15) is 10.2 Å². The van der Waals surface area contributed by atoms with Gasteiger partial charge in [0.05, 0.1) is 24.4 Å². The average Bonchev–Trinajstić information content (AvgIpc) is 2.79. The fourth-order valence-electron chi connectivity index (χ4n) is 4.97. The van der Waals surface area contributed by atoms with Gasteiger partial charge < -0.3 is 14.9 Å². The third-order valence-electron chi connectivity index (χ3n) is 5.76. The van der Waals surface area contributed by atoms with Crippen LogP contribution in [0.2, 0.25) is 0 Å². The number of aliphatic hydroxyl groups excluding tert-OH is 2. The molecule has 4 aliphatic rings. The molecule has 1 saturated carbocycles. The van der Waals surface area contributed by atoms with Crippen molar-refractivity contribution < 1.29 is 14.9 Å². The van der Waals surface area contributed by atoms with Crippen LogP contribution in [-0.4, -0.2) is 34.6 Å². The minimum Gasteiger partial charge on any atom is -0.393 e. The smallest absolute Gasteiger partial charge is 0.0993 e. The molecule has 2 aliphatic carbocycles. The minimum atomic E-state index is -0.564. The Hall–Kier alpha value is -0.640. The lowest BCUT2D eigenvalue weighted by molar-refractivity contribution is -0.0519. The molecule has 3 heteroatoms. The van der Waals surface area contributed by atoms with Crippen molar-refractivity contribution in [2.45, 2.75) is 50.6 Å². The fraction of sp³-hybridized carbons (Fsp3) is 0.733. The van der Waals surface area contributed by atoms with E-state index in [0.29, 0.717) is 5.92 Å². The van der Waals surface area contributed by atoms with Crippen LogP contribution in [0.25, 0.3) is 0 Å². The fourth-order valence-corrected chi connectivity index (χ4v) is 4.97. The lowest BCUT2D eigenvalue weighted by atomic mass is 9.64. The molecule has 7 atom stereocenters. The lowest BCUT2D eigenvalue weighted by Crippen LogP contribution is -2.41. The van der Waals surface area contributed by atoms with Gasteiger partial charge in [0.25, 0.3) is 0 Å². The van der Waals surface area contributed by atoms with Crippen molar-refractivity contribution in [1.82, 2.24) is 0 Å². The highest BCUT2D eigenvalue weighted by molar-refractivity contribution is 5.37. The number of aliphatic hydroxyl groups is 2. The summed E-state index contributed by atoms with van der Waals surface area (Å²) in [4.78, 5) is 0. The average molecular weight is 248 g/mol. The van der Waals surface area contributed by atoms with E-state index in [1.54, 1.807) is 0 Å². The lowest BCUT2D eigenvalue weighted by Gasteiger charge is -2.38. The van der Waals surface area contributed by atoms with E-state index in [0.717, 1.165) is 24.8 Å². The molecule has 18 heavy (non-hydrogen) atoms. The van der Waals surface area contributed by atoms with Crippen molar-refractivity contribution in [1.29, 1.82) is 0 Å². The Morgan fingerprint density at radius 2 is 2.22 bits per heavy atom. The molecule has 98 valence electrons. The Kier molecular flexibility index (Phi) is 2.16. The zero-order valence-electron chi connectivity index (χ0n) is 10.6. The van der Waals surface area contributed by atoms with E-state index in [4.69, 9.17) is 4.74 Å². The quantitative estimate of drug-likeness (QED) is 0.681. The maximum atomic E-state index is 10.3. The number of rotatable bonds is 0. The summed E-state index contributed by atoms with van der Waals surface area (Å²) >= 11 is 0. The van der Waals surface area contributed by atoms with Crippen molar-refractivity contribution in [3.63, 3.8) is 0 Å². The van der Waals surface area contributed by atoms with Crippen LogP contribution in [0.15, 0.2) is 23.8 Å². The maximum absolute atomic E-state index is 10.3. The van der Waals surface area contributed by atoms with Gasteiger partial charge in [0.2, 0.25) is 0 Å². The van der Waals surface area contributed by atoms with Gasteiger partial charge >= 0.3 is 0 Å². The standard InChI is InChI=1S/C15H20O3/c1-8-3-2-4-9-7-11(17)13-12-10(16)5-6-15(8,12)14(9)18-13/h2,4,7-8,10-14,16-17H,3,5-6H2,1H3/t8-,10+,11-,12-,13-,14-,15-/m1/s1. The second-order valence-electron chi connectivity index (χ2n) is 6.42. The van der Waals surface area contributed by atoms with Gasteiger partial charge in [0, 0.05) is 11.3 Å². The Bertz CT molecular complexity index is 441. The normalized spacial score (nSPS) is 57.2. The van der Waals surface area contributed by atoms with E-state index in [2.05, 4.69) is 19.1 Å². The molecule has 2 N–H and O–H groups in total. The Labute approximate surface area is 107 Å². The molecule has 0 amide bonds. The highest BCUT2D eigenvalue weighted by Crippen LogP contribution is 2.63. The summed E-state index contributed by atoms with van der Waals surface area (Å²) in [6, 6.07) is 0. The topological polar surface area (TPSA) is 49.7 Å². The second-order valence-corrected chi connectivity index (χ2v) is 6.42. The van der Waals surface area contributed by atoms with Gasteiger partial charge in [-0.3, -0.25) is 0 Å². The van der Waals surface area contributed by atoms with Crippen LogP contribution in [0.4, 0.5) is 0 Å². The molecule has 1 spiro atoms. The summed E-state index contributed by atoms with van der Waals surface area (Å²) < 4.78 is 6.13. The predicted octanol–water partition coefficient (Wildman–Crippen LogP) is 1.41. The van der Waals surface area contributed by atoms with E-state index < -0.39 is 6.10 Å². The monoisotopic (exact) mass is 248 g/mol. The van der Waals surface area contributed by atoms with Gasteiger partial charge in [0.15, 0.2) is 0 Å². The molecular weight excluding hydrogens is 228 g/mol.